The number of alkyl halides is 4. The second-order valence-electron chi connectivity index (χ2n) is 5.54. The molecule has 0 saturated heterocycles. The molecule has 28 heavy (non-hydrogen) atoms. The van der Waals surface area contributed by atoms with E-state index in [0.717, 1.165) is 0 Å². The molecule has 10 heteroatoms. The molecule has 2 aromatic carbocycles. The van der Waals surface area contributed by atoms with E-state index in [2.05, 4.69) is 20.1 Å². The van der Waals surface area contributed by atoms with Crippen molar-refractivity contribution in [3.63, 3.8) is 0 Å². The van der Waals surface area contributed by atoms with Crippen molar-refractivity contribution in [2.24, 2.45) is 0 Å². The molecule has 0 fully saturated rings. The third-order valence-electron chi connectivity index (χ3n) is 3.34. The van der Waals surface area contributed by atoms with Gasteiger partial charge in [0.1, 0.15) is 0 Å². The van der Waals surface area contributed by atoms with Gasteiger partial charge in [-0.2, -0.15) is 17.6 Å². The van der Waals surface area contributed by atoms with Gasteiger partial charge in [0, 0.05) is 11.4 Å². The van der Waals surface area contributed by atoms with Gasteiger partial charge in [-0.3, -0.25) is 10.6 Å². The van der Waals surface area contributed by atoms with Crippen LogP contribution < -0.4 is 10.6 Å². The fourth-order valence-electron chi connectivity index (χ4n) is 1.87. The quantitative estimate of drug-likeness (QED) is 0.658. The van der Waals surface area contributed by atoms with Crippen molar-refractivity contribution in [3.8, 4) is 0 Å². The van der Waals surface area contributed by atoms with Crippen LogP contribution in [0.1, 0.15) is 0 Å². The molecule has 0 atom stereocenters. The van der Waals surface area contributed by atoms with Crippen LogP contribution in [0, 0.1) is 0 Å². The molecule has 6 nitrogen and oxygen atoms in total. The number of halogens is 4. The van der Waals surface area contributed by atoms with E-state index in [-0.39, 0.29) is 11.4 Å². The SMILES string of the molecule is O=C(Nc1ccccc1)OCC(F)(F)C(F)(F)COC(=O)Nc1ccccc1. The summed E-state index contributed by atoms with van der Waals surface area (Å²) < 4.78 is 63.2. The summed E-state index contributed by atoms with van der Waals surface area (Å²) in [6.45, 7) is -3.80. The number of anilines is 2. The second-order valence-corrected chi connectivity index (χ2v) is 5.54. The van der Waals surface area contributed by atoms with Crippen LogP contribution in [-0.2, 0) is 9.47 Å². The predicted molar refractivity (Wildman–Crippen MR) is 92.7 cm³/mol. The van der Waals surface area contributed by atoms with Gasteiger partial charge in [0.15, 0.2) is 13.2 Å². The second kappa shape index (κ2) is 9.07. The summed E-state index contributed by atoms with van der Waals surface area (Å²) >= 11 is 0. The van der Waals surface area contributed by atoms with E-state index in [0.29, 0.717) is 0 Å². The van der Waals surface area contributed by atoms with Crippen molar-refractivity contribution < 1.29 is 36.6 Å². The summed E-state index contributed by atoms with van der Waals surface area (Å²) in [5.74, 6) is -9.51. The average molecular weight is 400 g/mol. The van der Waals surface area contributed by atoms with Crippen molar-refractivity contribution in [2.75, 3.05) is 23.8 Å². The lowest BCUT2D eigenvalue weighted by atomic mass is 10.2. The maximum atomic E-state index is 13.7. The average Bonchev–Trinajstić information content (AvgIpc) is 2.66. The standard InChI is InChI=1S/C18H16F4N2O4/c19-17(20,11-27-15(25)23-13-7-3-1-4-8-13)18(21,22)12-28-16(26)24-14-9-5-2-6-10-14/h1-10H,11-12H2,(H,23,25)(H,24,26). The van der Waals surface area contributed by atoms with Crippen LogP contribution in [0.15, 0.2) is 60.7 Å². The Bertz CT molecular complexity index is 721. The van der Waals surface area contributed by atoms with E-state index < -0.39 is 37.2 Å². The van der Waals surface area contributed by atoms with Gasteiger partial charge >= 0.3 is 24.0 Å². The molecule has 0 unspecified atom stereocenters. The minimum absolute atomic E-state index is 0.239. The van der Waals surface area contributed by atoms with E-state index in [1.54, 1.807) is 36.4 Å². The zero-order chi connectivity index (χ0) is 20.6. The highest BCUT2D eigenvalue weighted by Crippen LogP contribution is 2.35. The van der Waals surface area contributed by atoms with Crippen LogP contribution in [0.3, 0.4) is 0 Å². The number of hydrogen-bond acceptors (Lipinski definition) is 4. The van der Waals surface area contributed by atoms with Gasteiger partial charge in [-0.15, -0.1) is 0 Å². The summed E-state index contributed by atoms with van der Waals surface area (Å²) in [6.07, 6.45) is -2.66. The molecule has 0 spiro atoms. The molecule has 0 aliphatic carbocycles. The normalized spacial score (nSPS) is 11.4. The molecule has 0 radical (unpaired) electrons. The molecule has 2 rings (SSSR count). The fourth-order valence-corrected chi connectivity index (χ4v) is 1.87. The number of benzene rings is 2. The van der Waals surface area contributed by atoms with Crippen molar-refractivity contribution >= 4 is 23.6 Å². The van der Waals surface area contributed by atoms with Gasteiger partial charge in [-0.05, 0) is 24.3 Å². The van der Waals surface area contributed by atoms with E-state index in [4.69, 9.17) is 0 Å². The zero-order valence-corrected chi connectivity index (χ0v) is 14.3. The van der Waals surface area contributed by atoms with Crippen LogP contribution >= 0.6 is 0 Å². The van der Waals surface area contributed by atoms with Gasteiger partial charge in [0.05, 0.1) is 0 Å². The number of ether oxygens (including phenoxy) is 2. The molecule has 0 bridgehead atoms. The number of hydrogen-bond donors (Lipinski definition) is 2. The first-order valence-corrected chi connectivity index (χ1v) is 7.93. The molecular formula is C18H16F4N2O4. The van der Waals surface area contributed by atoms with Crippen LogP contribution in [0.2, 0.25) is 0 Å². The van der Waals surface area contributed by atoms with E-state index in [9.17, 15) is 27.2 Å². The lowest BCUT2D eigenvalue weighted by Gasteiger charge is -2.25. The molecule has 150 valence electrons. The number of carbonyl (C=O) groups excluding carboxylic acids is 2. The molecule has 0 aromatic heterocycles. The molecular weight excluding hydrogens is 384 g/mol. The Labute approximate surface area is 157 Å². The first-order chi connectivity index (χ1) is 13.2. The maximum Gasteiger partial charge on any atom is 0.411 e. The molecule has 2 N–H and O–H groups in total. The Balaban J connectivity index is 1.82. The molecule has 0 aliphatic heterocycles. The van der Waals surface area contributed by atoms with E-state index in [1.807, 2.05) is 0 Å². The first-order valence-electron chi connectivity index (χ1n) is 7.93. The van der Waals surface area contributed by atoms with Gasteiger partial charge in [0.25, 0.3) is 0 Å². The Kier molecular flexibility index (Phi) is 6.80. The predicted octanol–water partition coefficient (Wildman–Crippen LogP) is 4.75. The Morgan fingerprint density at radius 2 is 1.00 bits per heavy atom. The van der Waals surface area contributed by atoms with Crippen LogP contribution in [0.5, 0.6) is 0 Å². The van der Waals surface area contributed by atoms with Crippen molar-refractivity contribution in [2.45, 2.75) is 11.8 Å². The highest BCUT2D eigenvalue weighted by atomic mass is 19.3. The minimum atomic E-state index is -4.76. The summed E-state index contributed by atoms with van der Waals surface area (Å²) in [5, 5.41) is 4.22. The van der Waals surface area contributed by atoms with Crippen LogP contribution in [0.25, 0.3) is 0 Å². The smallest absolute Gasteiger partial charge is 0.411 e. The number of amides is 2. The third kappa shape index (κ3) is 6.15. The monoisotopic (exact) mass is 400 g/mol. The molecule has 2 aromatic rings. The maximum absolute atomic E-state index is 13.7. The van der Waals surface area contributed by atoms with Crippen molar-refractivity contribution in [3.05, 3.63) is 60.7 Å². The summed E-state index contributed by atoms with van der Waals surface area (Å²) in [4.78, 5) is 22.9. The van der Waals surface area contributed by atoms with E-state index >= 15 is 0 Å². The van der Waals surface area contributed by atoms with Gasteiger partial charge < -0.3 is 9.47 Å². The third-order valence-corrected chi connectivity index (χ3v) is 3.34. The summed E-state index contributed by atoms with van der Waals surface area (Å²) in [7, 11) is 0. The number of carbonyl (C=O) groups is 2. The van der Waals surface area contributed by atoms with Gasteiger partial charge in [-0.25, -0.2) is 9.59 Å². The Morgan fingerprint density at radius 3 is 1.32 bits per heavy atom. The Morgan fingerprint density at radius 1 is 0.679 bits per heavy atom. The topological polar surface area (TPSA) is 76.7 Å². The lowest BCUT2D eigenvalue weighted by molar-refractivity contribution is -0.237. The first kappa shape index (κ1) is 21.0. The van der Waals surface area contributed by atoms with Crippen molar-refractivity contribution in [1.29, 1.82) is 0 Å². The highest BCUT2D eigenvalue weighted by Gasteiger charge is 2.58. The zero-order valence-electron chi connectivity index (χ0n) is 14.3. The highest BCUT2D eigenvalue weighted by molar-refractivity contribution is 5.85. The summed E-state index contributed by atoms with van der Waals surface area (Å²) in [5.41, 5.74) is 0.479. The lowest BCUT2D eigenvalue weighted by Crippen LogP contribution is -2.48. The van der Waals surface area contributed by atoms with Crippen LogP contribution in [0.4, 0.5) is 38.5 Å². The van der Waals surface area contributed by atoms with E-state index in [1.165, 1.54) is 24.3 Å². The minimum Gasteiger partial charge on any atom is -0.443 e. The largest absolute Gasteiger partial charge is 0.443 e. The summed E-state index contributed by atoms with van der Waals surface area (Å²) in [6, 6.07) is 15.4. The molecule has 0 saturated carbocycles. The van der Waals surface area contributed by atoms with Crippen molar-refractivity contribution in [1.82, 2.24) is 0 Å². The van der Waals surface area contributed by atoms with Crippen LogP contribution in [-0.4, -0.2) is 37.2 Å². The molecule has 0 aliphatic rings. The molecule has 0 heterocycles. The number of nitrogens with one attached hydrogen (secondary N) is 2. The van der Waals surface area contributed by atoms with Gasteiger partial charge in [0.2, 0.25) is 0 Å². The number of para-hydroxylation sites is 2. The van der Waals surface area contributed by atoms with Gasteiger partial charge in [-0.1, -0.05) is 36.4 Å². The Hall–Kier alpha value is -3.30. The fraction of sp³-hybridized carbons (Fsp3) is 0.222. The molecule has 2 amide bonds. The number of rotatable bonds is 7.